The highest BCUT2D eigenvalue weighted by Gasteiger charge is 2.34. The molecule has 0 unspecified atom stereocenters. The maximum absolute atomic E-state index is 13.4. The fourth-order valence-electron chi connectivity index (χ4n) is 2.95. The lowest BCUT2D eigenvalue weighted by Gasteiger charge is -2.21. The lowest BCUT2D eigenvalue weighted by Crippen LogP contribution is -2.44. The number of fused-ring (bicyclic) bond motifs is 1. The summed E-state index contributed by atoms with van der Waals surface area (Å²) < 4.78 is 44.0. The van der Waals surface area contributed by atoms with Gasteiger partial charge in [-0.2, -0.15) is 0 Å². The van der Waals surface area contributed by atoms with Crippen LogP contribution in [0.1, 0.15) is 10.4 Å². The summed E-state index contributed by atoms with van der Waals surface area (Å²) in [5.74, 6) is -1.85. The van der Waals surface area contributed by atoms with E-state index in [1.165, 1.54) is 32.4 Å². The number of carbonyl (C=O) groups excluding carboxylic acids is 1. The first kappa shape index (κ1) is 19.5. The number of hydrogen-bond donors (Lipinski definition) is 2. The van der Waals surface area contributed by atoms with E-state index in [-0.39, 0.29) is 29.9 Å². The highest BCUT2D eigenvalue weighted by Crippen LogP contribution is 2.18. The summed E-state index contributed by atoms with van der Waals surface area (Å²) >= 11 is 0. The summed E-state index contributed by atoms with van der Waals surface area (Å²) in [5, 5.41) is 2.73. The van der Waals surface area contributed by atoms with Gasteiger partial charge in [-0.05, 0) is 18.2 Å². The van der Waals surface area contributed by atoms with Gasteiger partial charge in [0.2, 0.25) is 15.5 Å². The van der Waals surface area contributed by atoms with Crippen LogP contribution in [0.3, 0.4) is 0 Å². The number of hydrogen-bond acceptors (Lipinski definition) is 5. The van der Waals surface area contributed by atoms with Gasteiger partial charge in [0.05, 0.1) is 25.0 Å². The quantitative estimate of drug-likeness (QED) is 0.755. The number of pyridine rings is 1. The number of aromatic amines is 1. The van der Waals surface area contributed by atoms with Crippen molar-refractivity contribution in [1.29, 1.82) is 0 Å². The number of amides is 1. The number of halogens is 1. The maximum Gasteiger partial charge on any atom is 0.257 e. The third kappa shape index (κ3) is 4.02. The Labute approximate surface area is 155 Å². The van der Waals surface area contributed by atoms with Crippen molar-refractivity contribution in [3.05, 3.63) is 46.0 Å². The molecule has 27 heavy (non-hydrogen) atoms. The van der Waals surface area contributed by atoms with Crippen LogP contribution >= 0.6 is 0 Å². The Kier molecular flexibility index (Phi) is 5.31. The second kappa shape index (κ2) is 7.37. The minimum Gasteiger partial charge on any atom is -0.379 e. The Morgan fingerprint density at radius 3 is 2.81 bits per heavy atom. The summed E-state index contributed by atoms with van der Waals surface area (Å²) in [6.45, 7) is 0.344. The van der Waals surface area contributed by atoms with Crippen LogP contribution in [0.4, 0.5) is 4.39 Å². The summed E-state index contributed by atoms with van der Waals surface area (Å²) in [4.78, 5) is 27.9. The molecule has 0 saturated carbocycles. The van der Waals surface area contributed by atoms with Gasteiger partial charge in [0.1, 0.15) is 11.4 Å². The largest absolute Gasteiger partial charge is 0.379 e. The molecule has 1 saturated heterocycles. The summed E-state index contributed by atoms with van der Waals surface area (Å²) in [5.41, 5.74) is -0.358. The Morgan fingerprint density at radius 2 is 2.11 bits per heavy atom. The topological polar surface area (TPSA) is 109 Å². The molecule has 0 radical (unpaired) electrons. The van der Waals surface area contributed by atoms with Gasteiger partial charge in [-0.3, -0.25) is 9.59 Å². The molecular weight excluding hydrogens is 377 g/mol. The second-order valence-corrected chi connectivity index (χ2v) is 8.89. The molecule has 1 aromatic carbocycles. The molecular formula is C17H20FN3O5S. The van der Waals surface area contributed by atoms with Crippen molar-refractivity contribution in [2.75, 3.05) is 33.1 Å². The van der Waals surface area contributed by atoms with E-state index in [2.05, 4.69) is 10.3 Å². The first-order valence-corrected chi connectivity index (χ1v) is 9.89. The van der Waals surface area contributed by atoms with E-state index in [4.69, 9.17) is 4.74 Å². The number of rotatable bonds is 5. The van der Waals surface area contributed by atoms with E-state index in [0.717, 1.165) is 10.4 Å². The number of benzene rings is 1. The third-order valence-electron chi connectivity index (χ3n) is 4.58. The van der Waals surface area contributed by atoms with Crippen molar-refractivity contribution in [1.82, 2.24) is 14.6 Å². The summed E-state index contributed by atoms with van der Waals surface area (Å²) in [6.07, 6.45) is 1.26. The van der Waals surface area contributed by atoms with Gasteiger partial charge in [-0.15, -0.1) is 0 Å². The molecule has 3 rings (SSSR count). The number of nitrogens with one attached hydrogen (secondary N) is 2. The van der Waals surface area contributed by atoms with Crippen LogP contribution in [-0.2, 0) is 14.8 Å². The smallest absolute Gasteiger partial charge is 0.257 e. The van der Waals surface area contributed by atoms with Crippen LogP contribution in [0.2, 0.25) is 0 Å². The molecule has 1 fully saturated rings. The normalized spacial score (nSPS) is 20.3. The average molecular weight is 397 g/mol. The van der Waals surface area contributed by atoms with Gasteiger partial charge in [0.15, 0.2) is 0 Å². The molecule has 10 heteroatoms. The van der Waals surface area contributed by atoms with Gasteiger partial charge in [-0.25, -0.2) is 17.1 Å². The minimum absolute atomic E-state index is 0.0667. The minimum atomic E-state index is -3.46. The molecule has 0 bridgehead atoms. The zero-order valence-electron chi connectivity index (χ0n) is 14.9. The number of sulfonamides is 1. The van der Waals surface area contributed by atoms with Crippen LogP contribution in [0.25, 0.3) is 10.9 Å². The Hall–Kier alpha value is -2.30. The van der Waals surface area contributed by atoms with Crippen molar-refractivity contribution in [3.8, 4) is 0 Å². The Balaban J connectivity index is 1.82. The number of ether oxygens (including phenoxy) is 1. The number of carbonyl (C=O) groups is 1. The Morgan fingerprint density at radius 1 is 1.37 bits per heavy atom. The van der Waals surface area contributed by atoms with E-state index >= 15 is 0 Å². The van der Waals surface area contributed by atoms with Gasteiger partial charge in [-0.1, -0.05) is 0 Å². The lowest BCUT2D eigenvalue weighted by atomic mass is 10.1. The van der Waals surface area contributed by atoms with Crippen molar-refractivity contribution >= 4 is 26.8 Å². The fourth-order valence-corrected chi connectivity index (χ4v) is 4.12. The molecule has 0 aliphatic carbocycles. The molecule has 2 N–H and O–H groups in total. The third-order valence-corrected chi connectivity index (χ3v) is 6.55. The Bertz CT molecular complexity index is 1030. The standard InChI is InChI=1S/C17H20FN3O5S/c1-21(2)27(24,25)9-10-7-26-8-15(10)20-17(23)13-6-19-14-4-3-11(18)5-12(14)16(13)22/h3-6,10,15H,7-9H2,1-2H3,(H,19,22)(H,20,23)/t10-,15+/m0/s1. The van der Waals surface area contributed by atoms with Crippen LogP contribution in [-0.4, -0.2) is 62.7 Å². The highest BCUT2D eigenvalue weighted by atomic mass is 32.2. The second-order valence-electron chi connectivity index (χ2n) is 6.66. The van der Waals surface area contributed by atoms with E-state index in [0.29, 0.717) is 5.52 Å². The maximum atomic E-state index is 13.4. The van der Waals surface area contributed by atoms with Crippen molar-refractivity contribution in [2.24, 2.45) is 5.92 Å². The summed E-state index contributed by atoms with van der Waals surface area (Å²) in [7, 11) is -0.590. The molecule has 2 heterocycles. The van der Waals surface area contributed by atoms with Gasteiger partial charge >= 0.3 is 0 Å². The van der Waals surface area contributed by atoms with Crippen molar-refractivity contribution in [2.45, 2.75) is 6.04 Å². The highest BCUT2D eigenvalue weighted by molar-refractivity contribution is 7.89. The van der Waals surface area contributed by atoms with Crippen LogP contribution in [0.15, 0.2) is 29.2 Å². The molecule has 1 aromatic heterocycles. The molecule has 2 aromatic rings. The lowest BCUT2D eigenvalue weighted by molar-refractivity contribution is 0.0924. The average Bonchev–Trinajstić information content (AvgIpc) is 3.01. The van der Waals surface area contributed by atoms with E-state index < -0.39 is 39.1 Å². The van der Waals surface area contributed by atoms with E-state index in [1.54, 1.807) is 0 Å². The molecule has 2 atom stereocenters. The molecule has 146 valence electrons. The van der Waals surface area contributed by atoms with Crippen LogP contribution in [0.5, 0.6) is 0 Å². The number of nitrogens with zero attached hydrogens (tertiary/aromatic N) is 1. The van der Waals surface area contributed by atoms with Crippen molar-refractivity contribution < 1.29 is 22.3 Å². The molecule has 0 spiro atoms. The molecule has 1 aliphatic heterocycles. The molecule has 8 nitrogen and oxygen atoms in total. The van der Waals surface area contributed by atoms with Crippen molar-refractivity contribution in [3.63, 3.8) is 0 Å². The number of aromatic nitrogens is 1. The monoisotopic (exact) mass is 397 g/mol. The van der Waals surface area contributed by atoms with Gasteiger partial charge in [0.25, 0.3) is 5.91 Å². The van der Waals surface area contributed by atoms with E-state index in [1.807, 2.05) is 0 Å². The fraction of sp³-hybridized carbons (Fsp3) is 0.412. The van der Waals surface area contributed by atoms with Gasteiger partial charge in [0, 0.05) is 37.1 Å². The first-order chi connectivity index (χ1) is 12.7. The zero-order valence-corrected chi connectivity index (χ0v) is 15.7. The number of H-pyrrole nitrogens is 1. The molecule has 1 aliphatic rings. The SMILES string of the molecule is CN(C)S(=O)(=O)C[C@@H]1COC[C@H]1NC(=O)c1c[nH]c2ccc(F)cc2c1=O. The van der Waals surface area contributed by atoms with Gasteiger partial charge < -0.3 is 15.0 Å². The summed E-state index contributed by atoms with van der Waals surface area (Å²) in [6, 6.07) is 3.15. The van der Waals surface area contributed by atoms with Crippen LogP contribution < -0.4 is 10.7 Å². The predicted molar refractivity (Wildman–Crippen MR) is 97.6 cm³/mol. The zero-order chi connectivity index (χ0) is 19.8. The molecule has 1 amide bonds. The van der Waals surface area contributed by atoms with E-state index in [9.17, 15) is 22.4 Å². The van der Waals surface area contributed by atoms with Crippen LogP contribution in [0, 0.1) is 11.7 Å². The predicted octanol–water partition coefficient (Wildman–Crippen LogP) is 0.303. The first-order valence-electron chi connectivity index (χ1n) is 8.29.